The SMILES string of the molecule is CC(SCCC(=O)Nc1cc(Cl)ccc1Cl)C(=O)O. The molecule has 0 bridgehead atoms. The number of hydrogen-bond acceptors (Lipinski definition) is 3. The zero-order chi connectivity index (χ0) is 14.4. The average Bonchev–Trinajstić information content (AvgIpc) is 2.33. The molecule has 0 aliphatic carbocycles. The van der Waals surface area contributed by atoms with Gasteiger partial charge in [-0.15, -0.1) is 11.8 Å². The first-order valence-corrected chi connectivity index (χ1v) is 7.30. The molecular formula is C12H13Cl2NO3S. The Kier molecular flexibility index (Phi) is 6.48. The molecule has 0 aliphatic rings. The van der Waals surface area contributed by atoms with Crippen molar-refractivity contribution in [1.29, 1.82) is 0 Å². The molecule has 1 aromatic rings. The van der Waals surface area contributed by atoms with E-state index in [4.69, 9.17) is 28.3 Å². The van der Waals surface area contributed by atoms with E-state index in [1.165, 1.54) is 11.8 Å². The van der Waals surface area contributed by atoms with Crippen LogP contribution in [0.1, 0.15) is 13.3 Å². The van der Waals surface area contributed by atoms with Gasteiger partial charge in [0.2, 0.25) is 5.91 Å². The van der Waals surface area contributed by atoms with E-state index in [9.17, 15) is 9.59 Å². The molecule has 0 heterocycles. The number of aliphatic carboxylic acids is 1. The minimum absolute atomic E-state index is 0.213. The predicted octanol–water partition coefficient (Wildman–Crippen LogP) is 3.53. The molecule has 7 heteroatoms. The predicted molar refractivity (Wildman–Crippen MR) is 79.3 cm³/mol. The summed E-state index contributed by atoms with van der Waals surface area (Å²) in [7, 11) is 0. The lowest BCUT2D eigenvalue weighted by Crippen LogP contribution is -2.16. The summed E-state index contributed by atoms with van der Waals surface area (Å²) in [6.45, 7) is 1.58. The molecule has 19 heavy (non-hydrogen) atoms. The molecule has 1 aromatic carbocycles. The Morgan fingerprint density at radius 2 is 2.11 bits per heavy atom. The van der Waals surface area contributed by atoms with Gasteiger partial charge in [0.15, 0.2) is 0 Å². The topological polar surface area (TPSA) is 66.4 Å². The van der Waals surface area contributed by atoms with Crippen molar-refractivity contribution in [2.75, 3.05) is 11.1 Å². The summed E-state index contributed by atoms with van der Waals surface area (Å²) in [6.07, 6.45) is 0.213. The van der Waals surface area contributed by atoms with Crippen LogP contribution in [-0.2, 0) is 9.59 Å². The summed E-state index contributed by atoms with van der Waals surface area (Å²) >= 11 is 12.9. The maximum atomic E-state index is 11.7. The number of hydrogen-bond donors (Lipinski definition) is 2. The van der Waals surface area contributed by atoms with Crippen LogP contribution in [0.4, 0.5) is 5.69 Å². The molecule has 104 valence electrons. The minimum Gasteiger partial charge on any atom is -0.480 e. The molecule has 1 amide bonds. The Bertz CT molecular complexity index is 482. The van der Waals surface area contributed by atoms with Crippen LogP contribution in [0.15, 0.2) is 18.2 Å². The molecule has 1 rings (SSSR count). The van der Waals surface area contributed by atoms with Gasteiger partial charge in [0, 0.05) is 17.2 Å². The second-order valence-electron chi connectivity index (χ2n) is 3.77. The van der Waals surface area contributed by atoms with Gasteiger partial charge in [0.1, 0.15) is 0 Å². The highest BCUT2D eigenvalue weighted by Gasteiger charge is 2.12. The van der Waals surface area contributed by atoms with E-state index in [1.807, 2.05) is 0 Å². The average molecular weight is 322 g/mol. The van der Waals surface area contributed by atoms with E-state index in [-0.39, 0.29) is 12.3 Å². The number of carbonyl (C=O) groups excluding carboxylic acids is 1. The monoisotopic (exact) mass is 321 g/mol. The van der Waals surface area contributed by atoms with Gasteiger partial charge in [-0.1, -0.05) is 23.2 Å². The van der Waals surface area contributed by atoms with Crippen molar-refractivity contribution in [3.8, 4) is 0 Å². The fourth-order valence-electron chi connectivity index (χ4n) is 1.21. The summed E-state index contributed by atoms with van der Waals surface area (Å²) in [4.78, 5) is 22.2. The van der Waals surface area contributed by atoms with E-state index >= 15 is 0 Å². The standard InChI is InChI=1S/C12H13Cl2NO3S/c1-7(12(17)18)19-5-4-11(16)15-10-6-8(13)2-3-9(10)14/h2-3,6-7H,4-5H2,1H3,(H,15,16)(H,17,18). The summed E-state index contributed by atoms with van der Waals surface area (Å²) in [5.74, 6) is -0.685. The van der Waals surface area contributed by atoms with Crippen molar-refractivity contribution in [2.45, 2.75) is 18.6 Å². The van der Waals surface area contributed by atoms with Gasteiger partial charge >= 0.3 is 5.97 Å². The molecule has 1 atom stereocenters. The van der Waals surface area contributed by atoms with E-state index in [0.29, 0.717) is 21.5 Å². The number of amides is 1. The number of carbonyl (C=O) groups is 2. The van der Waals surface area contributed by atoms with Gasteiger partial charge < -0.3 is 10.4 Å². The molecular weight excluding hydrogens is 309 g/mol. The molecule has 0 saturated heterocycles. The zero-order valence-electron chi connectivity index (χ0n) is 10.2. The number of thioether (sulfide) groups is 1. The molecule has 2 N–H and O–H groups in total. The van der Waals surface area contributed by atoms with Gasteiger partial charge in [-0.25, -0.2) is 0 Å². The Morgan fingerprint density at radius 3 is 2.74 bits per heavy atom. The normalized spacial score (nSPS) is 11.9. The molecule has 1 unspecified atom stereocenters. The van der Waals surface area contributed by atoms with E-state index in [2.05, 4.69) is 5.32 Å². The van der Waals surface area contributed by atoms with E-state index < -0.39 is 11.2 Å². The molecule has 0 fully saturated rings. The second kappa shape index (κ2) is 7.62. The van der Waals surface area contributed by atoms with Crippen molar-refractivity contribution >= 4 is 52.5 Å². The Balaban J connectivity index is 2.43. The Morgan fingerprint density at radius 1 is 1.42 bits per heavy atom. The quantitative estimate of drug-likeness (QED) is 0.841. The first-order chi connectivity index (χ1) is 8.90. The van der Waals surface area contributed by atoms with Crippen molar-refractivity contribution in [3.05, 3.63) is 28.2 Å². The van der Waals surface area contributed by atoms with Crippen LogP contribution in [-0.4, -0.2) is 28.0 Å². The minimum atomic E-state index is -0.886. The zero-order valence-corrected chi connectivity index (χ0v) is 12.5. The third kappa shape index (κ3) is 5.72. The number of benzene rings is 1. The lowest BCUT2D eigenvalue weighted by atomic mass is 10.3. The number of anilines is 1. The molecule has 0 spiro atoms. The van der Waals surface area contributed by atoms with Gasteiger partial charge in [0.05, 0.1) is 16.0 Å². The first-order valence-electron chi connectivity index (χ1n) is 5.49. The lowest BCUT2D eigenvalue weighted by molar-refractivity contribution is -0.136. The summed E-state index contributed by atoms with van der Waals surface area (Å²) in [6, 6.07) is 4.79. The smallest absolute Gasteiger partial charge is 0.316 e. The largest absolute Gasteiger partial charge is 0.480 e. The van der Waals surface area contributed by atoms with E-state index in [1.54, 1.807) is 25.1 Å². The van der Waals surface area contributed by atoms with Crippen molar-refractivity contribution in [2.24, 2.45) is 0 Å². The number of carboxylic acid groups (broad SMARTS) is 1. The number of halogens is 2. The van der Waals surface area contributed by atoms with Crippen LogP contribution in [0.3, 0.4) is 0 Å². The Hall–Kier alpha value is -0.910. The van der Waals surface area contributed by atoms with Crippen molar-refractivity contribution < 1.29 is 14.7 Å². The first kappa shape index (κ1) is 16.1. The molecule has 0 aromatic heterocycles. The Labute approximate surface area is 125 Å². The molecule has 0 aliphatic heterocycles. The third-order valence-corrected chi connectivity index (χ3v) is 3.95. The van der Waals surface area contributed by atoms with Crippen molar-refractivity contribution in [1.82, 2.24) is 0 Å². The van der Waals surface area contributed by atoms with Gasteiger partial charge in [0.25, 0.3) is 0 Å². The van der Waals surface area contributed by atoms with Crippen LogP contribution >= 0.6 is 35.0 Å². The van der Waals surface area contributed by atoms with Crippen molar-refractivity contribution in [3.63, 3.8) is 0 Å². The highest BCUT2D eigenvalue weighted by atomic mass is 35.5. The maximum Gasteiger partial charge on any atom is 0.316 e. The van der Waals surface area contributed by atoms with Crippen LogP contribution in [0.2, 0.25) is 10.0 Å². The van der Waals surface area contributed by atoms with Crippen LogP contribution in [0.5, 0.6) is 0 Å². The summed E-state index contributed by atoms with van der Waals surface area (Å²) in [5.41, 5.74) is 0.454. The molecule has 0 radical (unpaired) electrons. The number of nitrogens with one attached hydrogen (secondary N) is 1. The molecule has 4 nitrogen and oxygen atoms in total. The highest BCUT2D eigenvalue weighted by molar-refractivity contribution is 8.00. The molecule has 0 saturated carbocycles. The summed E-state index contributed by atoms with van der Waals surface area (Å²) < 4.78 is 0. The fourth-order valence-corrected chi connectivity index (χ4v) is 2.34. The van der Waals surface area contributed by atoms with Gasteiger partial charge in [-0.05, 0) is 25.1 Å². The van der Waals surface area contributed by atoms with Gasteiger partial charge in [-0.2, -0.15) is 0 Å². The lowest BCUT2D eigenvalue weighted by Gasteiger charge is -2.08. The second-order valence-corrected chi connectivity index (χ2v) is 6.07. The van der Waals surface area contributed by atoms with Crippen LogP contribution < -0.4 is 5.32 Å². The number of carboxylic acids is 1. The number of rotatable bonds is 6. The van der Waals surface area contributed by atoms with E-state index in [0.717, 1.165) is 0 Å². The highest BCUT2D eigenvalue weighted by Crippen LogP contribution is 2.25. The maximum absolute atomic E-state index is 11.7. The fraction of sp³-hybridized carbons (Fsp3) is 0.333. The third-order valence-electron chi connectivity index (χ3n) is 2.25. The summed E-state index contributed by atoms with van der Waals surface area (Å²) in [5, 5.41) is 11.7. The van der Waals surface area contributed by atoms with Gasteiger partial charge in [-0.3, -0.25) is 9.59 Å². The van der Waals surface area contributed by atoms with Crippen LogP contribution in [0.25, 0.3) is 0 Å². The van der Waals surface area contributed by atoms with Crippen LogP contribution in [0, 0.1) is 0 Å².